The summed E-state index contributed by atoms with van der Waals surface area (Å²) in [6.07, 6.45) is -0.491. The van der Waals surface area contributed by atoms with E-state index in [1.165, 1.54) is 12.1 Å². The van der Waals surface area contributed by atoms with E-state index in [2.05, 4.69) is 0 Å². The number of hydrogen-bond acceptors (Lipinski definition) is 1. The van der Waals surface area contributed by atoms with Crippen molar-refractivity contribution in [1.29, 1.82) is 0 Å². The van der Waals surface area contributed by atoms with Gasteiger partial charge in [0.1, 0.15) is 11.9 Å². The smallest absolute Gasteiger partial charge is 0.123 e. The largest absolute Gasteiger partial charge is 0.379 e. The molecule has 1 aromatic carbocycles. The minimum Gasteiger partial charge on any atom is -0.379 e. The van der Waals surface area contributed by atoms with Gasteiger partial charge in [-0.15, -0.1) is 0 Å². The first-order valence-corrected chi connectivity index (χ1v) is 4.70. The lowest BCUT2D eigenvalue weighted by Gasteiger charge is -2.07. The monoisotopic (exact) mass is 197 g/mol. The van der Waals surface area contributed by atoms with Crippen molar-refractivity contribution in [2.24, 2.45) is 0 Å². The Hall–Kier alpha value is -0.930. The van der Waals surface area contributed by atoms with E-state index >= 15 is 0 Å². The molecule has 0 aliphatic heterocycles. The molecule has 14 heavy (non-hydrogen) atoms. The summed E-state index contributed by atoms with van der Waals surface area (Å²) < 4.78 is 17.7. The van der Waals surface area contributed by atoms with Crippen LogP contribution in [0.5, 0.6) is 0 Å². The SMILES string of the molecule is CCOCC([O])Cc1cccc(F)c1. The van der Waals surface area contributed by atoms with Crippen molar-refractivity contribution in [3.05, 3.63) is 35.6 Å². The molecule has 0 bridgehead atoms. The molecule has 1 radical (unpaired) electrons. The molecular weight excluding hydrogens is 183 g/mol. The van der Waals surface area contributed by atoms with Crippen LogP contribution in [-0.2, 0) is 16.3 Å². The maximum absolute atomic E-state index is 12.7. The average Bonchev–Trinajstić information content (AvgIpc) is 2.15. The molecule has 0 aliphatic rings. The van der Waals surface area contributed by atoms with Crippen molar-refractivity contribution >= 4 is 0 Å². The summed E-state index contributed by atoms with van der Waals surface area (Å²) in [5.74, 6) is -0.300. The van der Waals surface area contributed by atoms with E-state index in [0.29, 0.717) is 13.0 Å². The van der Waals surface area contributed by atoms with E-state index in [1.807, 2.05) is 6.92 Å². The predicted molar refractivity (Wildman–Crippen MR) is 51.1 cm³/mol. The third-order valence-electron chi connectivity index (χ3n) is 1.86. The van der Waals surface area contributed by atoms with Gasteiger partial charge in [-0.2, -0.15) is 0 Å². The van der Waals surface area contributed by atoms with Crippen LogP contribution in [0.25, 0.3) is 0 Å². The number of ether oxygens (including phenoxy) is 1. The summed E-state index contributed by atoms with van der Waals surface area (Å²) in [4.78, 5) is 0. The van der Waals surface area contributed by atoms with Crippen LogP contribution in [0.2, 0.25) is 0 Å². The highest BCUT2D eigenvalue weighted by atomic mass is 19.1. The first kappa shape index (κ1) is 11.1. The molecule has 1 unspecified atom stereocenters. The maximum atomic E-state index is 12.7. The maximum Gasteiger partial charge on any atom is 0.123 e. The highest BCUT2D eigenvalue weighted by molar-refractivity contribution is 5.16. The molecule has 0 aliphatic carbocycles. The number of halogens is 1. The predicted octanol–water partition coefficient (Wildman–Crippen LogP) is 2.20. The van der Waals surface area contributed by atoms with Crippen molar-refractivity contribution < 1.29 is 14.2 Å². The molecule has 1 atom stereocenters. The Balaban J connectivity index is 2.43. The van der Waals surface area contributed by atoms with Crippen LogP contribution in [0.4, 0.5) is 4.39 Å². The Morgan fingerprint density at radius 2 is 2.29 bits per heavy atom. The van der Waals surface area contributed by atoms with Crippen LogP contribution in [-0.4, -0.2) is 19.3 Å². The standard InChI is InChI=1S/C11H14FO2/c1-2-14-8-11(13)7-9-4-3-5-10(12)6-9/h3-6,11H,2,7-8H2,1H3. The van der Waals surface area contributed by atoms with E-state index in [1.54, 1.807) is 12.1 Å². The van der Waals surface area contributed by atoms with Gasteiger partial charge in [0, 0.05) is 13.0 Å². The lowest BCUT2D eigenvalue weighted by Crippen LogP contribution is -2.16. The van der Waals surface area contributed by atoms with Gasteiger partial charge in [-0.3, -0.25) is 0 Å². The zero-order valence-electron chi connectivity index (χ0n) is 8.20. The number of rotatable bonds is 5. The summed E-state index contributed by atoms with van der Waals surface area (Å²) in [7, 11) is 0. The van der Waals surface area contributed by atoms with Gasteiger partial charge in [0.25, 0.3) is 0 Å². The molecule has 0 saturated carbocycles. The average molecular weight is 197 g/mol. The van der Waals surface area contributed by atoms with Gasteiger partial charge in [-0.05, 0) is 24.6 Å². The molecule has 1 rings (SSSR count). The third-order valence-corrected chi connectivity index (χ3v) is 1.86. The highest BCUT2D eigenvalue weighted by Crippen LogP contribution is 2.06. The second kappa shape index (κ2) is 5.73. The normalized spacial score (nSPS) is 12.8. The topological polar surface area (TPSA) is 29.1 Å². The fourth-order valence-electron chi connectivity index (χ4n) is 1.24. The van der Waals surface area contributed by atoms with Crippen LogP contribution in [0.3, 0.4) is 0 Å². The van der Waals surface area contributed by atoms with E-state index in [4.69, 9.17) is 4.74 Å². The Bertz CT molecular complexity index is 276. The second-order valence-corrected chi connectivity index (χ2v) is 3.12. The van der Waals surface area contributed by atoms with Crippen molar-refractivity contribution in [1.82, 2.24) is 0 Å². The first-order chi connectivity index (χ1) is 6.72. The van der Waals surface area contributed by atoms with Gasteiger partial charge in [-0.25, -0.2) is 9.50 Å². The van der Waals surface area contributed by atoms with Gasteiger partial charge in [0.2, 0.25) is 0 Å². The van der Waals surface area contributed by atoms with E-state index in [-0.39, 0.29) is 12.4 Å². The zero-order valence-corrected chi connectivity index (χ0v) is 8.20. The number of benzene rings is 1. The summed E-state index contributed by atoms with van der Waals surface area (Å²) in [5.41, 5.74) is 0.727. The molecule has 0 saturated heterocycles. The van der Waals surface area contributed by atoms with Crippen LogP contribution < -0.4 is 0 Å². The van der Waals surface area contributed by atoms with Crippen LogP contribution in [0, 0.1) is 5.82 Å². The molecule has 1 aromatic rings. The first-order valence-electron chi connectivity index (χ1n) is 4.70. The molecule has 0 heterocycles. The summed E-state index contributed by atoms with van der Waals surface area (Å²) in [6, 6.07) is 6.11. The Morgan fingerprint density at radius 3 is 2.93 bits per heavy atom. The van der Waals surface area contributed by atoms with Gasteiger partial charge in [-0.1, -0.05) is 12.1 Å². The van der Waals surface area contributed by atoms with Crippen molar-refractivity contribution in [2.45, 2.75) is 19.4 Å². The number of hydrogen-bond donors (Lipinski definition) is 0. The quantitative estimate of drug-likeness (QED) is 0.711. The lowest BCUT2D eigenvalue weighted by atomic mass is 10.1. The molecule has 0 fully saturated rings. The fourth-order valence-corrected chi connectivity index (χ4v) is 1.24. The van der Waals surface area contributed by atoms with Crippen LogP contribution in [0.15, 0.2) is 24.3 Å². The minimum atomic E-state index is -0.809. The van der Waals surface area contributed by atoms with Crippen molar-refractivity contribution in [3.8, 4) is 0 Å². The van der Waals surface area contributed by atoms with Crippen molar-refractivity contribution in [3.63, 3.8) is 0 Å². The Labute approximate surface area is 83.3 Å². The summed E-state index contributed by atoms with van der Waals surface area (Å²) in [5, 5.41) is 11.3. The van der Waals surface area contributed by atoms with Crippen LogP contribution in [0.1, 0.15) is 12.5 Å². The van der Waals surface area contributed by atoms with E-state index in [0.717, 1.165) is 5.56 Å². The van der Waals surface area contributed by atoms with E-state index in [9.17, 15) is 9.50 Å². The zero-order chi connectivity index (χ0) is 10.4. The van der Waals surface area contributed by atoms with Gasteiger partial charge in [0.05, 0.1) is 6.61 Å². The van der Waals surface area contributed by atoms with E-state index < -0.39 is 6.10 Å². The van der Waals surface area contributed by atoms with Gasteiger partial charge in [0.15, 0.2) is 0 Å². The molecular formula is C11H14FO2. The molecule has 0 amide bonds. The lowest BCUT2D eigenvalue weighted by molar-refractivity contribution is 0.00138. The van der Waals surface area contributed by atoms with Gasteiger partial charge < -0.3 is 4.74 Å². The molecule has 0 aromatic heterocycles. The minimum absolute atomic E-state index is 0.188. The molecule has 2 nitrogen and oxygen atoms in total. The molecule has 3 heteroatoms. The second-order valence-electron chi connectivity index (χ2n) is 3.12. The third kappa shape index (κ3) is 3.85. The molecule has 0 N–H and O–H groups in total. The van der Waals surface area contributed by atoms with Crippen molar-refractivity contribution in [2.75, 3.05) is 13.2 Å². The molecule has 77 valence electrons. The van der Waals surface area contributed by atoms with Crippen LogP contribution >= 0.6 is 0 Å². The Kier molecular flexibility index (Phi) is 4.56. The highest BCUT2D eigenvalue weighted by Gasteiger charge is 2.07. The fraction of sp³-hybridized carbons (Fsp3) is 0.455. The van der Waals surface area contributed by atoms with Gasteiger partial charge >= 0.3 is 0 Å². The Morgan fingerprint density at radius 1 is 1.50 bits per heavy atom. The molecule has 0 spiro atoms. The summed E-state index contributed by atoms with van der Waals surface area (Å²) in [6.45, 7) is 2.57. The summed E-state index contributed by atoms with van der Waals surface area (Å²) >= 11 is 0.